The van der Waals surface area contributed by atoms with Crippen LogP contribution in [0, 0.1) is 0 Å². The fraction of sp³-hybridized carbons (Fsp3) is 0.280. The molecule has 0 fully saturated rings. The van der Waals surface area contributed by atoms with Crippen molar-refractivity contribution in [1.29, 1.82) is 0 Å². The van der Waals surface area contributed by atoms with Gasteiger partial charge in [0.05, 0.1) is 14.7 Å². The van der Waals surface area contributed by atoms with Gasteiger partial charge in [0.25, 0.3) is 0 Å². The molecule has 3 nitrogen and oxygen atoms in total. The van der Waals surface area contributed by atoms with Crippen LogP contribution >= 0.6 is 0 Å². The van der Waals surface area contributed by atoms with Gasteiger partial charge in [0.15, 0.2) is 0 Å². The van der Waals surface area contributed by atoms with Gasteiger partial charge < -0.3 is 14.9 Å². The minimum Gasteiger partial charge on any atom is -0.384 e. The second-order valence-electron chi connectivity index (χ2n) is 9.33. The Bertz CT molecular complexity index is 1060. The van der Waals surface area contributed by atoms with Gasteiger partial charge in [-0.2, -0.15) is 0 Å². The largest absolute Gasteiger partial charge is 0.384 e. The van der Waals surface area contributed by atoms with Crippen LogP contribution in [0.5, 0.6) is 0 Å². The first kappa shape index (κ1) is 18.5. The predicted octanol–water partition coefficient (Wildman–Crippen LogP) is 4.61. The van der Waals surface area contributed by atoms with E-state index in [9.17, 15) is 5.11 Å². The van der Waals surface area contributed by atoms with Crippen LogP contribution in [0.15, 0.2) is 66.7 Å². The molecule has 0 amide bonds. The third-order valence-electron chi connectivity index (χ3n) is 6.23. The van der Waals surface area contributed by atoms with Crippen LogP contribution in [0.4, 0.5) is 11.4 Å². The maximum absolute atomic E-state index is 10.8. The summed E-state index contributed by atoms with van der Waals surface area (Å²) in [5.41, 5.74) is 7.30. The molecule has 0 radical (unpaired) electrons. The van der Waals surface area contributed by atoms with E-state index in [0.717, 1.165) is 30.9 Å². The Labute approximate surface area is 174 Å². The molecule has 5 rings (SSSR count). The predicted molar refractivity (Wildman–Crippen MR) is 124 cm³/mol. The first-order chi connectivity index (χ1) is 13.9. The summed E-state index contributed by atoms with van der Waals surface area (Å²) in [5.74, 6) is 0. The van der Waals surface area contributed by atoms with Gasteiger partial charge in [-0.1, -0.05) is 73.4 Å². The molecule has 2 aliphatic heterocycles. The van der Waals surface area contributed by atoms with Gasteiger partial charge in [-0.25, -0.2) is 0 Å². The highest BCUT2D eigenvalue weighted by atomic mass is 28.3. The van der Waals surface area contributed by atoms with Gasteiger partial charge in [0.1, 0.15) is 6.10 Å². The molecular weight excluding hydrogens is 372 g/mol. The molecule has 0 aliphatic carbocycles. The van der Waals surface area contributed by atoms with Crippen molar-refractivity contribution in [3.63, 3.8) is 0 Å². The first-order valence-corrected chi connectivity index (χ1v) is 13.9. The van der Waals surface area contributed by atoms with Gasteiger partial charge in [-0.3, -0.25) is 0 Å². The lowest BCUT2D eigenvalue weighted by atomic mass is 9.96. The molecule has 0 spiro atoms. The number of fused-ring (bicyclic) bond motifs is 6. The molecule has 1 N–H and O–H groups in total. The number of aliphatic hydroxyl groups is 1. The van der Waals surface area contributed by atoms with Crippen LogP contribution in [0.2, 0.25) is 19.6 Å². The number of benzene rings is 3. The summed E-state index contributed by atoms with van der Waals surface area (Å²) in [5, 5.41) is 12.4. The Morgan fingerprint density at radius 3 is 2.03 bits per heavy atom. The maximum atomic E-state index is 10.8. The molecule has 0 saturated carbocycles. The van der Waals surface area contributed by atoms with Gasteiger partial charge in [0.2, 0.25) is 0 Å². The van der Waals surface area contributed by atoms with E-state index in [2.05, 4.69) is 65.8 Å². The van der Waals surface area contributed by atoms with E-state index >= 15 is 0 Å². The van der Waals surface area contributed by atoms with E-state index in [1.165, 1.54) is 27.7 Å². The SMILES string of the molecule is C[Si](C)(C)c1ccc2c(c1)CN1CN2Cc2cc(C(O)c3ccccc3)ccc21. The second kappa shape index (κ2) is 6.75. The van der Waals surface area contributed by atoms with Crippen LogP contribution in [0.1, 0.15) is 28.4 Å². The molecule has 0 aromatic heterocycles. The zero-order valence-corrected chi connectivity index (χ0v) is 18.4. The van der Waals surface area contributed by atoms with Crippen molar-refractivity contribution in [3.05, 3.63) is 89.0 Å². The van der Waals surface area contributed by atoms with Crippen LogP contribution in [-0.2, 0) is 13.1 Å². The molecule has 1 unspecified atom stereocenters. The Morgan fingerprint density at radius 2 is 1.38 bits per heavy atom. The number of anilines is 2. The quantitative estimate of drug-likeness (QED) is 0.651. The zero-order valence-electron chi connectivity index (χ0n) is 17.4. The monoisotopic (exact) mass is 400 g/mol. The molecule has 3 aromatic rings. The highest BCUT2D eigenvalue weighted by Crippen LogP contribution is 2.39. The Morgan fingerprint density at radius 1 is 0.759 bits per heavy atom. The molecule has 2 bridgehead atoms. The molecule has 4 heteroatoms. The normalized spacial score (nSPS) is 16.3. The van der Waals surface area contributed by atoms with E-state index in [-0.39, 0.29) is 0 Å². The minimum atomic E-state index is -1.32. The van der Waals surface area contributed by atoms with Crippen LogP contribution in [0.3, 0.4) is 0 Å². The lowest BCUT2D eigenvalue weighted by Gasteiger charge is -2.45. The topological polar surface area (TPSA) is 26.7 Å². The summed E-state index contributed by atoms with van der Waals surface area (Å²) >= 11 is 0. The van der Waals surface area contributed by atoms with Crippen molar-refractivity contribution in [3.8, 4) is 0 Å². The lowest BCUT2D eigenvalue weighted by Crippen LogP contribution is -2.47. The van der Waals surface area contributed by atoms with Gasteiger partial charge in [-0.05, 0) is 40.5 Å². The number of hydrogen-bond donors (Lipinski definition) is 1. The lowest BCUT2D eigenvalue weighted by molar-refractivity contribution is 0.220. The molecule has 29 heavy (non-hydrogen) atoms. The molecule has 148 valence electrons. The smallest absolute Gasteiger partial charge is 0.104 e. The van der Waals surface area contributed by atoms with E-state index in [4.69, 9.17) is 0 Å². The first-order valence-electron chi connectivity index (χ1n) is 10.4. The van der Waals surface area contributed by atoms with Crippen molar-refractivity contribution in [1.82, 2.24) is 0 Å². The van der Waals surface area contributed by atoms with Gasteiger partial charge in [0, 0.05) is 24.5 Å². The zero-order chi connectivity index (χ0) is 20.2. The van der Waals surface area contributed by atoms with Crippen LogP contribution in [-0.4, -0.2) is 19.8 Å². The van der Waals surface area contributed by atoms with E-state index in [1.807, 2.05) is 30.3 Å². The summed E-state index contributed by atoms with van der Waals surface area (Å²) in [7, 11) is -1.32. The number of nitrogens with zero attached hydrogens (tertiary/aromatic N) is 2. The standard InChI is InChI=1S/C25H28N2OSi/c1-29(2,3)22-10-12-24-21(14-22)16-27-17-26(24)15-20-13-19(9-11-23(20)27)25(28)18-7-5-4-6-8-18/h4-14,25,28H,15-17H2,1-3H3. The van der Waals surface area contributed by atoms with Gasteiger partial charge in [-0.15, -0.1) is 0 Å². The molecule has 2 aliphatic rings. The van der Waals surface area contributed by atoms with Crippen molar-refractivity contribution in [2.24, 2.45) is 0 Å². The van der Waals surface area contributed by atoms with Crippen molar-refractivity contribution < 1.29 is 5.11 Å². The van der Waals surface area contributed by atoms with Crippen molar-refractivity contribution in [2.45, 2.75) is 38.8 Å². The molecule has 3 aromatic carbocycles. The maximum Gasteiger partial charge on any atom is 0.104 e. The van der Waals surface area contributed by atoms with Gasteiger partial charge >= 0.3 is 0 Å². The Hall–Kier alpha value is -2.56. The summed E-state index contributed by atoms with van der Waals surface area (Å²) in [6.07, 6.45) is -0.583. The fourth-order valence-corrected chi connectivity index (χ4v) is 5.76. The Balaban J connectivity index is 1.48. The third-order valence-corrected chi connectivity index (χ3v) is 8.27. The molecule has 0 saturated heterocycles. The fourth-order valence-electron chi connectivity index (χ4n) is 4.57. The number of aliphatic hydroxyl groups excluding tert-OH is 1. The van der Waals surface area contributed by atoms with E-state index < -0.39 is 14.2 Å². The highest BCUT2D eigenvalue weighted by Gasteiger charge is 2.31. The third kappa shape index (κ3) is 3.26. The number of rotatable bonds is 3. The average molecular weight is 401 g/mol. The average Bonchev–Trinajstić information content (AvgIpc) is 2.72. The van der Waals surface area contributed by atoms with Crippen molar-refractivity contribution >= 4 is 24.6 Å². The van der Waals surface area contributed by atoms with Crippen LogP contribution in [0.25, 0.3) is 0 Å². The molecular formula is C25H28N2OSi. The second-order valence-corrected chi connectivity index (χ2v) is 14.4. The Kier molecular flexibility index (Phi) is 4.30. The molecule has 1 atom stereocenters. The number of hydrogen-bond acceptors (Lipinski definition) is 3. The summed E-state index contributed by atoms with van der Waals surface area (Å²) in [4.78, 5) is 4.93. The summed E-state index contributed by atoms with van der Waals surface area (Å²) in [6, 6.07) is 23.5. The summed E-state index contributed by atoms with van der Waals surface area (Å²) in [6.45, 7) is 10.0. The summed E-state index contributed by atoms with van der Waals surface area (Å²) < 4.78 is 0. The van der Waals surface area contributed by atoms with E-state index in [0.29, 0.717) is 0 Å². The highest BCUT2D eigenvalue weighted by molar-refractivity contribution is 6.88. The molecule has 2 heterocycles. The minimum absolute atomic E-state index is 0.583. The van der Waals surface area contributed by atoms with Crippen LogP contribution < -0.4 is 15.0 Å². The van der Waals surface area contributed by atoms with E-state index in [1.54, 1.807) is 0 Å². The van der Waals surface area contributed by atoms with Crippen molar-refractivity contribution in [2.75, 3.05) is 16.5 Å².